The Hall–Kier alpha value is -0.830. The summed E-state index contributed by atoms with van der Waals surface area (Å²) in [5.41, 5.74) is 1.59. The normalized spacial score (nSPS) is 53.5. The van der Waals surface area contributed by atoms with Gasteiger partial charge in [-0.2, -0.15) is 0 Å². The first kappa shape index (κ1) is 25.8. The summed E-state index contributed by atoms with van der Waals surface area (Å²) < 4.78 is 0. The lowest BCUT2D eigenvalue weighted by molar-refractivity contribution is -0.198. The molecule has 0 spiro atoms. The quantitative estimate of drug-likeness (QED) is 0.372. The molecule has 198 valence electrons. The van der Waals surface area contributed by atoms with Crippen molar-refractivity contribution in [3.63, 3.8) is 0 Å². The lowest BCUT2D eigenvalue weighted by atomic mass is 9.35. The molecule has 3 heteroatoms. The zero-order valence-electron chi connectivity index (χ0n) is 23.6. The minimum Gasteiger partial charge on any atom is -0.481 e. The fraction of sp³-hybridized carbons (Fsp3) is 0.906. The number of rotatable bonds is 1. The molecular weight excluding hydrogens is 432 g/mol. The molecule has 0 aromatic carbocycles. The third-order valence-electron chi connectivity index (χ3n) is 14.1. The number of carboxylic acids is 1. The van der Waals surface area contributed by atoms with Crippen LogP contribution < -0.4 is 0 Å². The standard InChI is InChI=1S/C32H52O3/c1-20-12-17-32(27(34)35)19-18-30(6)22(8-10-23(32)21(20)2)9-11-25-29(5)15-14-26(33)28(3,4)24(29)13-16-31(25,30)7/h9,20-21,23-26,33H,8,10-19H2,1-7H3,(H,34,35)/t20-,21+,23+,24+,25+,26+,29+,30-,31-,32+/m1/s1. The van der Waals surface area contributed by atoms with Gasteiger partial charge in [0.2, 0.25) is 0 Å². The summed E-state index contributed by atoms with van der Waals surface area (Å²) in [6.07, 6.45) is 13.9. The minimum atomic E-state index is -0.540. The van der Waals surface area contributed by atoms with E-state index in [4.69, 9.17) is 0 Å². The van der Waals surface area contributed by atoms with E-state index in [1.54, 1.807) is 5.57 Å². The fourth-order valence-corrected chi connectivity index (χ4v) is 11.2. The van der Waals surface area contributed by atoms with Gasteiger partial charge in [0.15, 0.2) is 0 Å². The highest BCUT2D eigenvalue weighted by molar-refractivity contribution is 5.75. The highest BCUT2D eigenvalue weighted by atomic mass is 16.4. The van der Waals surface area contributed by atoms with Crippen molar-refractivity contribution < 1.29 is 15.0 Å². The highest BCUT2D eigenvalue weighted by Crippen LogP contribution is 2.73. The van der Waals surface area contributed by atoms with Crippen molar-refractivity contribution in [1.29, 1.82) is 0 Å². The van der Waals surface area contributed by atoms with Crippen LogP contribution in [-0.2, 0) is 4.79 Å². The zero-order chi connectivity index (χ0) is 25.6. The van der Waals surface area contributed by atoms with Crippen LogP contribution >= 0.6 is 0 Å². The molecule has 5 rings (SSSR count). The Labute approximate surface area is 214 Å². The Kier molecular flexibility index (Phi) is 5.96. The van der Waals surface area contributed by atoms with Crippen molar-refractivity contribution in [2.45, 2.75) is 125 Å². The maximum absolute atomic E-state index is 13.0. The number of aliphatic hydroxyl groups is 1. The first-order chi connectivity index (χ1) is 16.2. The van der Waals surface area contributed by atoms with Gasteiger partial charge in [0.05, 0.1) is 11.5 Å². The van der Waals surface area contributed by atoms with Gasteiger partial charge in [0.25, 0.3) is 0 Å². The molecule has 0 heterocycles. The van der Waals surface area contributed by atoms with E-state index in [0.29, 0.717) is 29.6 Å². The predicted molar refractivity (Wildman–Crippen MR) is 142 cm³/mol. The molecule has 5 aliphatic carbocycles. The highest BCUT2D eigenvalue weighted by Gasteiger charge is 2.66. The smallest absolute Gasteiger partial charge is 0.309 e. The molecule has 0 radical (unpaired) electrons. The first-order valence-electron chi connectivity index (χ1n) is 14.8. The summed E-state index contributed by atoms with van der Waals surface area (Å²) in [7, 11) is 0. The van der Waals surface area contributed by atoms with E-state index in [0.717, 1.165) is 51.4 Å². The molecule has 4 fully saturated rings. The van der Waals surface area contributed by atoms with Crippen LogP contribution in [0.5, 0.6) is 0 Å². The lowest BCUT2D eigenvalue weighted by Gasteiger charge is -2.69. The Morgan fingerprint density at radius 1 is 0.886 bits per heavy atom. The third kappa shape index (κ3) is 3.28. The van der Waals surface area contributed by atoms with Gasteiger partial charge in [0.1, 0.15) is 0 Å². The fourth-order valence-electron chi connectivity index (χ4n) is 11.2. The van der Waals surface area contributed by atoms with E-state index >= 15 is 0 Å². The van der Waals surface area contributed by atoms with Crippen molar-refractivity contribution in [3.8, 4) is 0 Å². The van der Waals surface area contributed by atoms with Crippen LogP contribution in [0.15, 0.2) is 11.6 Å². The van der Waals surface area contributed by atoms with Crippen LogP contribution in [0.25, 0.3) is 0 Å². The molecule has 35 heavy (non-hydrogen) atoms. The van der Waals surface area contributed by atoms with Crippen LogP contribution in [0.4, 0.5) is 0 Å². The van der Waals surface area contributed by atoms with Crippen LogP contribution in [0.3, 0.4) is 0 Å². The summed E-state index contributed by atoms with van der Waals surface area (Å²) in [6.45, 7) is 17.0. The largest absolute Gasteiger partial charge is 0.481 e. The molecule has 0 saturated heterocycles. The molecule has 0 aliphatic heterocycles. The molecule has 0 unspecified atom stereocenters. The molecular formula is C32H52O3. The number of hydrogen-bond donors (Lipinski definition) is 2. The summed E-state index contributed by atoms with van der Waals surface area (Å²) in [6, 6.07) is 0. The number of allylic oxidation sites excluding steroid dienone is 2. The molecule has 2 N–H and O–H groups in total. The molecule has 3 nitrogen and oxygen atoms in total. The van der Waals surface area contributed by atoms with E-state index in [1.807, 2.05) is 0 Å². The van der Waals surface area contributed by atoms with Gasteiger partial charge >= 0.3 is 5.97 Å². The van der Waals surface area contributed by atoms with Crippen molar-refractivity contribution >= 4 is 5.97 Å². The second kappa shape index (κ2) is 8.08. The maximum atomic E-state index is 13.0. The van der Waals surface area contributed by atoms with Gasteiger partial charge < -0.3 is 10.2 Å². The molecule has 5 aliphatic rings. The van der Waals surface area contributed by atoms with Crippen LogP contribution in [0.2, 0.25) is 0 Å². The third-order valence-corrected chi connectivity index (χ3v) is 14.1. The van der Waals surface area contributed by atoms with E-state index in [2.05, 4.69) is 54.5 Å². The van der Waals surface area contributed by atoms with Crippen LogP contribution in [-0.4, -0.2) is 22.3 Å². The SMILES string of the molecule is C[C@H]1[C@H](C)CC[C@]2(C(=O)O)CC[C@]3(C)C(=CC[C@H]4[C@@]5(C)CC[C@H](O)C(C)(C)[C@@H]5CC[C@]43C)CC[C@@H]12. The van der Waals surface area contributed by atoms with E-state index in [9.17, 15) is 15.0 Å². The molecule has 0 bridgehead atoms. The summed E-state index contributed by atoms with van der Waals surface area (Å²) >= 11 is 0. The van der Waals surface area contributed by atoms with Gasteiger partial charge in [0, 0.05) is 0 Å². The van der Waals surface area contributed by atoms with E-state index in [1.165, 1.54) is 19.3 Å². The van der Waals surface area contributed by atoms with Crippen LogP contribution in [0.1, 0.15) is 119 Å². The lowest BCUT2D eigenvalue weighted by Crippen LogP contribution is -2.63. The number of hydrogen-bond acceptors (Lipinski definition) is 2. The van der Waals surface area contributed by atoms with Gasteiger partial charge in [-0.05, 0) is 122 Å². The number of carbonyl (C=O) groups is 1. The number of fused-ring (bicyclic) bond motifs is 6. The monoisotopic (exact) mass is 484 g/mol. The molecule has 10 atom stereocenters. The van der Waals surface area contributed by atoms with Crippen LogP contribution in [0, 0.1) is 56.7 Å². The minimum absolute atomic E-state index is 0.0321. The van der Waals surface area contributed by atoms with Gasteiger partial charge in [-0.15, -0.1) is 0 Å². The molecule has 0 aromatic rings. The number of carboxylic acid groups (broad SMARTS) is 1. The Bertz CT molecular complexity index is 904. The van der Waals surface area contributed by atoms with Crippen molar-refractivity contribution in [1.82, 2.24) is 0 Å². The maximum Gasteiger partial charge on any atom is 0.309 e. The van der Waals surface area contributed by atoms with Gasteiger partial charge in [-0.3, -0.25) is 4.79 Å². The van der Waals surface area contributed by atoms with E-state index < -0.39 is 11.4 Å². The number of aliphatic carboxylic acids is 1. The molecule has 0 amide bonds. The van der Waals surface area contributed by atoms with Crippen molar-refractivity contribution in [2.75, 3.05) is 0 Å². The van der Waals surface area contributed by atoms with Gasteiger partial charge in [-0.1, -0.05) is 60.1 Å². The van der Waals surface area contributed by atoms with Crippen molar-refractivity contribution in [2.24, 2.45) is 56.7 Å². The Morgan fingerprint density at radius 2 is 1.60 bits per heavy atom. The zero-order valence-corrected chi connectivity index (χ0v) is 23.6. The average Bonchev–Trinajstić information content (AvgIpc) is 2.77. The second-order valence-corrected chi connectivity index (χ2v) is 15.2. The number of aliphatic hydroxyl groups excluding tert-OH is 1. The average molecular weight is 485 g/mol. The Balaban J connectivity index is 1.54. The molecule has 4 saturated carbocycles. The second-order valence-electron chi connectivity index (χ2n) is 15.2. The predicted octanol–water partition coefficient (Wildman–Crippen LogP) is 7.87. The molecule has 0 aromatic heterocycles. The summed E-state index contributed by atoms with van der Waals surface area (Å²) in [5.74, 6) is 2.06. The Morgan fingerprint density at radius 3 is 2.29 bits per heavy atom. The van der Waals surface area contributed by atoms with Gasteiger partial charge in [-0.25, -0.2) is 0 Å². The van der Waals surface area contributed by atoms with E-state index in [-0.39, 0.29) is 27.8 Å². The van der Waals surface area contributed by atoms with Crippen molar-refractivity contribution in [3.05, 3.63) is 11.6 Å². The summed E-state index contributed by atoms with van der Waals surface area (Å²) in [5, 5.41) is 21.6. The summed E-state index contributed by atoms with van der Waals surface area (Å²) in [4.78, 5) is 13.0. The first-order valence-corrected chi connectivity index (χ1v) is 14.8. The topological polar surface area (TPSA) is 57.5 Å².